The molecule has 0 spiro atoms. The Balaban J connectivity index is 2.82. The maximum atomic E-state index is 14.1. The van der Waals surface area contributed by atoms with Crippen molar-refractivity contribution < 1.29 is 23.9 Å². The summed E-state index contributed by atoms with van der Waals surface area (Å²) >= 11 is 0. The summed E-state index contributed by atoms with van der Waals surface area (Å²) in [4.78, 5) is 35.0. The zero-order valence-corrected chi connectivity index (χ0v) is 14.9. The van der Waals surface area contributed by atoms with Gasteiger partial charge in [0.05, 0.1) is 5.69 Å². The number of amides is 2. The van der Waals surface area contributed by atoms with Gasteiger partial charge in [-0.15, -0.1) is 0 Å². The van der Waals surface area contributed by atoms with Crippen molar-refractivity contribution in [1.29, 1.82) is 0 Å². The molecule has 0 bridgehead atoms. The summed E-state index contributed by atoms with van der Waals surface area (Å²) in [5, 5.41) is 14.0. The van der Waals surface area contributed by atoms with Crippen LogP contribution >= 0.6 is 0 Å². The number of hydrogen-bond acceptors (Lipinski definition) is 3. The molecule has 25 heavy (non-hydrogen) atoms. The van der Waals surface area contributed by atoms with Gasteiger partial charge in [0.15, 0.2) is 0 Å². The molecule has 1 atom stereocenters. The summed E-state index contributed by atoms with van der Waals surface area (Å²) < 4.78 is 14.1. The van der Waals surface area contributed by atoms with E-state index in [1.165, 1.54) is 12.1 Å². The Bertz CT molecular complexity index is 644. The van der Waals surface area contributed by atoms with Gasteiger partial charge in [-0.1, -0.05) is 27.7 Å². The lowest BCUT2D eigenvalue weighted by Gasteiger charge is -2.16. The van der Waals surface area contributed by atoms with Crippen LogP contribution in [0.4, 0.5) is 10.1 Å². The van der Waals surface area contributed by atoms with Crippen molar-refractivity contribution in [2.45, 2.75) is 46.6 Å². The van der Waals surface area contributed by atoms with Gasteiger partial charge >= 0.3 is 5.97 Å². The maximum Gasteiger partial charge on any atom is 0.326 e. The number of rotatable bonds is 8. The number of aliphatic carboxylic acids is 1. The van der Waals surface area contributed by atoms with Gasteiger partial charge in [0.25, 0.3) is 5.91 Å². The second kappa shape index (κ2) is 9.15. The summed E-state index contributed by atoms with van der Waals surface area (Å²) in [7, 11) is 0. The van der Waals surface area contributed by atoms with Crippen LogP contribution in [0.3, 0.4) is 0 Å². The Morgan fingerprint density at radius 2 is 1.76 bits per heavy atom. The molecule has 0 radical (unpaired) electrons. The Morgan fingerprint density at radius 1 is 1.12 bits per heavy atom. The van der Waals surface area contributed by atoms with Crippen LogP contribution in [0.5, 0.6) is 0 Å². The van der Waals surface area contributed by atoms with Crippen LogP contribution in [0.25, 0.3) is 0 Å². The fourth-order valence-corrected chi connectivity index (χ4v) is 2.26. The second-order valence-electron chi connectivity index (χ2n) is 6.83. The number of anilines is 1. The summed E-state index contributed by atoms with van der Waals surface area (Å²) in [6.07, 6.45) is 0.532. The Kier molecular flexibility index (Phi) is 7.54. The minimum absolute atomic E-state index is 0.00522. The fraction of sp³-hybridized carbons (Fsp3) is 0.500. The molecule has 0 aromatic heterocycles. The fourth-order valence-electron chi connectivity index (χ4n) is 2.26. The van der Waals surface area contributed by atoms with Crippen LogP contribution < -0.4 is 10.6 Å². The average molecular weight is 352 g/mol. The molecule has 0 aliphatic carbocycles. The molecule has 1 rings (SSSR count). The van der Waals surface area contributed by atoms with Gasteiger partial charge in [-0.3, -0.25) is 9.59 Å². The number of benzene rings is 1. The SMILES string of the molecule is CC(C)CC(=O)Nc1ccc(C(=O)N[C@H](CC(C)C)C(=O)O)cc1F. The first-order valence-electron chi connectivity index (χ1n) is 8.23. The quantitative estimate of drug-likeness (QED) is 0.670. The number of carboxylic acids is 1. The van der Waals surface area contributed by atoms with Gasteiger partial charge in [0.1, 0.15) is 11.9 Å². The largest absolute Gasteiger partial charge is 0.480 e. The van der Waals surface area contributed by atoms with Gasteiger partial charge < -0.3 is 15.7 Å². The van der Waals surface area contributed by atoms with Crippen molar-refractivity contribution in [2.75, 3.05) is 5.32 Å². The van der Waals surface area contributed by atoms with Crippen LogP contribution in [0.2, 0.25) is 0 Å². The molecule has 0 saturated heterocycles. The average Bonchev–Trinajstić information content (AvgIpc) is 2.47. The summed E-state index contributed by atoms with van der Waals surface area (Å²) in [5.74, 6) is -2.65. The molecule has 6 nitrogen and oxygen atoms in total. The molecule has 0 unspecified atom stereocenters. The number of carboxylic acid groups (broad SMARTS) is 1. The van der Waals surface area contributed by atoms with E-state index in [2.05, 4.69) is 10.6 Å². The molecule has 0 saturated carbocycles. The van der Waals surface area contributed by atoms with E-state index in [4.69, 9.17) is 5.11 Å². The Hall–Kier alpha value is -2.44. The molecular formula is C18H25FN2O4. The number of carbonyl (C=O) groups excluding carboxylic acids is 2. The van der Waals surface area contributed by atoms with Crippen molar-refractivity contribution >= 4 is 23.5 Å². The third-order valence-electron chi connectivity index (χ3n) is 3.41. The van der Waals surface area contributed by atoms with E-state index in [9.17, 15) is 18.8 Å². The molecule has 0 fully saturated rings. The maximum absolute atomic E-state index is 14.1. The van der Waals surface area contributed by atoms with Crippen molar-refractivity contribution in [2.24, 2.45) is 11.8 Å². The van der Waals surface area contributed by atoms with E-state index in [1.807, 2.05) is 27.7 Å². The highest BCUT2D eigenvalue weighted by molar-refractivity contribution is 5.97. The monoisotopic (exact) mass is 352 g/mol. The van der Waals surface area contributed by atoms with Crippen LogP contribution in [-0.2, 0) is 9.59 Å². The number of carbonyl (C=O) groups is 3. The van der Waals surface area contributed by atoms with Gasteiger partial charge in [0, 0.05) is 12.0 Å². The van der Waals surface area contributed by atoms with Crippen molar-refractivity contribution in [1.82, 2.24) is 5.32 Å². The smallest absolute Gasteiger partial charge is 0.326 e. The lowest BCUT2D eigenvalue weighted by atomic mass is 10.0. The first-order valence-corrected chi connectivity index (χ1v) is 8.23. The van der Waals surface area contributed by atoms with Crippen LogP contribution in [0.1, 0.15) is 50.9 Å². The van der Waals surface area contributed by atoms with Gasteiger partial charge in [-0.2, -0.15) is 0 Å². The van der Waals surface area contributed by atoms with E-state index in [1.54, 1.807) is 0 Å². The minimum Gasteiger partial charge on any atom is -0.480 e. The zero-order chi connectivity index (χ0) is 19.1. The first kappa shape index (κ1) is 20.6. The molecule has 7 heteroatoms. The molecule has 1 aromatic rings. The van der Waals surface area contributed by atoms with Gasteiger partial charge in [-0.25, -0.2) is 9.18 Å². The van der Waals surface area contributed by atoms with E-state index < -0.39 is 23.7 Å². The molecule has 138 valence electrons. The highest BCUT2D eigenvalue weighted by atomic mass is 19.1. The van der Waals surface area contributed by atoms with E-state index in [0.717, 1.165) is 6.07 Å². The first-order chi connectivity index (χ1) is 11.6. The molecule has 0 heterocycles. The van der Waals surface area contributed by atoms with Crippen molar-refractivity contribution in [3.63, 3.8) is 0 Å². The molecule has 3 N–H and O–H groups in total. The predicted molar refractivity (Wildman–Crippen MR) is 92.8 cm³/mol. The van der Waals surface area contributed by atoms with E-state index in [0.29, 0.717) is 0 Å². The second-order valence-corrected chi connectivity index (χ2v) is 6.83. The highest BCUT2D eigenvalue weighted by Crippen LogP contribution is 2.17. The lowest BCUT2D eigenvalue weighted by molar-refractivity contribution is -0.139. The minimum atomic E-state index is -1.14. The summed E-state index contributed by atoms with van der Waals surface area (Å²) in [5.41, 5.74) is -0.0199. The predicted octanol–water partition coefficient (Wildman–Crippen LogP) is 3.04. The molecule has 0 aliphatic rings. The van der Waals surface area contributed by atoms with E-state index >= 15 is 0 Å². The van der Waals surface area contributed by atoms with Crippen molar-refractivity contribution in [3.05, 3.63) is 29.6 Å². The van der Waals surface area contributed by atoms with Crippen LogP contribution in [0.15, 0.2) is 18.2 Å². The van der Waals surface area contributed by atoms with Crippen LogP contribution in [0, 0.1) is 17.7 Å². The molecule has 0 aliphatic heterocycles. The number of hydrogen-bond donors (Lipinski definition) is 3. The molecule has 2 amide bonds. The topological polar surface area (TPSA) is 95.5 Å². The third kappa shape index (κ3) is 6.91. The van der Waals surface area contributed by atoms with Gasteiger partial charge in [-0.05, 0) is 36.5 Å². The van der Waals surface area contributed by atoms with Crippen LogP contribution in [-0.4, -0.2) is 28.9 Å². The van der Waals surface area contributed by atoms with Gasteiger partial charge in [0.2, 0.25) is 5.91 Å². The number of halogens is 1. The standard InChI is InChI=1S/C18H25FN2O4/c1-10(2)7-15(18(24)25)21-17(23)12-5-6-14(13(19)9-12)20-16(22)8-11(3)4/h5-6,9-11,15H,7-8H2,1-4H3,(H,20,22)(H,21,23)(H,24,25)/t15-/m1/s1. The van der Waals surface area contributed by atoms with E-state index in [-0.39, 0.29) is 41.8 Å². The summed E-state index contributed by atoms with van der Waals surface area (Å²) in [6.45, 7) is 7.44. The zero-order valence-electron chi connectivity index (χ0n) is 14.9. The summed E-state index contributed by atoms with van der Waals surface area (Å²) in [6, 6.07) is 2.58. The Morgan fingerprint density at radius 3 is 2.24 bits per heavy atom. The highest BCUT2D eigenvalue weighted by Gasteiger charge is 2.22. The third-order valence-corrected chi connectivity index (χ3v) is 3.41. The molecular weight excluding hydrogens is 327 g/mol. The number of nitrogens with one attached hydrogen (secondary N) is 2. The lowest BCUT2D eigenvalue weighted by Crippen LogP contribution is -2.41. The normalized spacial score (nSPS) is 12.1. The Labute approximate surface area is 146 Å². The molecule has 1 aromatic carbocycles. The van der Waals surface area contributed by atoms with Crippen molar-refractivity contribution in [3.8, 4) is 0 Å².